The van der Waals surface area contributed by atoms with Crippen molar-refractivity contribution in [2.75, 3.05) is 6.54 Å². The van der Waals surface area contributed by atoms with Crippen molar-refractivity contribution in [1.29, 1.82) is 0 Å². The van der Waals surface area contributed by atoms with Crippen LogP contribution in [0.15, 0.2) is 17.0 Å². The fourth-order valence-electron chi connectivity index (χ4n) is 1.39. The van der Waals surface area contributed by atoms with E-state index in [-0.39, 0.29) is 26.6 Å². The molecule has 20 heavy (non-hydrogen) atoms. The largest absolute Gasteiger partial charge is 0.479 e. The van der Waals surface area contributed by atoms with Crippen LogP contribution in [0.1, 0.15) is 13.8 Å². The molecule has 0 radical (unpaired) electrons. The zero-order chi connectivity index (χ0) is 15.5. The van der Waals surface area contributed by atoms with Gasteiger partial charge in [0.2, 0.25) is 10.0 Å². The third-order valence-corrected chi connectivity index (χ3v) is 4.27. The summed E-state index contributed by atoms with van der Waals surface area (Å²) >= 11 is 11.8. The van der Waals surface area contributed by atoms with Gasteiger partial charge in [0, 0.05) is 6.54 Å². The van der Waals surface area contributed by atoms with E-state index in [4.69, 9.17) is 33.1 Å². The maximum absolute atomic E-state index is 11.5. The lowest BCUT2D eigenvalue weighted by Gasteiger charge is -2.16. The molecule has 0 aliphatic heterocycles. The highest BCUT2D eigenvalue weighted by Crippen LogP contribution is 2.36. The van der Waals surface area contributed by atoms with E-state index < -0.39 is 16.1 Å². The average molecular weight is 341 g/mol. The van der Waals surface area contributed by atoms with E-state index in [1.54, 1.807) is 6.92 Å². The quantitative estimate of drug-likeness (QED) is 0.849. The molecule has 0 saturated heterocycles. The van der Waals surface area contributed by atoms with E-state index in [1.807, 2.05) is 0 Å². The van der Waals surface area contributed by atoms with E-state index in [1.165, 1.54) is 19.1 Å². The topological polar surface area (TPSA) is 98.5 Å². The Balaban J connectivity index is 3.06. The number of hydrogen-bond acceptors (Lipinski definition) is 4. The van der Waals surface area contributed by atoms with Gasteiger partial charge in [0.05, 0.1) is 5.02 Å². The molecule has 1 aromatic carbocycles. The number of benzene rings is 1. The number of nitrogens with two attached hydrogens (primary N) is 1. The molecule has 1 atom stereocenters. The summed E-state index contributed by atoms with van der Waals surface area (Å²) in [5, 5.41) is 7.21. The molecule has 0 fully saturated rings. The SMILES string of the molecule is CCNC(=O)C(C)Oc1ccc(S(N)(=O)=O)c(Cl)c1Cl. The molecule has 1 amide bonds. The molecular formula is C11H14Cl2N2O4S. The molecule has 6 nitrogen and oxygen atoms in total. The first kappa shape index (κ1) is 17.0. The van der Waals surface area contributed by atoms with Gasteiger partial charge in [-0.2, -0.15) is 0 Å². The summed E-state index contributed by atoms with van der Waals surface area (Å²) in [5.41, 5.74) is 0. The van der Waals surface area contributed by atoms with Crippen LogP contribution in [0.5, 0.6) is 5.75 Å². The number of amides is 1. The number of likely N-dealkylation sites (N-methyl/N-ethyl adjacent to an activating group) is 1. The van der Waals surface area contributed by atoms with Crippen molar-refractivity contribution >= 4 is 39.1 Å². The average Bonchev–Trinajstić information content (AvgIpc) is 2.33. The van der Waals surface area contributed by atoms with Gasteiger partial charge in [-0.15, -0.1) is 0 Å². The third kappa shape index (κ3) is 3.99. The Morgan fingerprint density at radius 1 is 1.40 bits per heavy atom. The lowest BCUT2D eigenvalue weighted by molar-refractivity contribution is -0.127. The molecule has 0 heterocycles. The third-order valence-electron chi connectivity index (χ3n) is 2.34. The van der Waals surface area contributed by atoms with Gasteiger partial charge in [0.1, 0.15) is 15.7 Å². The molecule has 0 aliphatic rings. The monoisotopic (exact) mass is 340 g/mol. The summed E-state index contributed by atoms with van der Waals surface area (Å²) < 4.78 is 27.9. The van der Waals surface area contributed by atoms with Crippen molar-refractivity contribution < 1.29 is 17.9 Å². The second kappa shape index (κ2) is 6.62. The molecule has 0 aromatic heterocycles. The molecule has 0 spiro atoms. The van der Waals surface area contributed by atoms with Crippen LogP contribution in [-0.2, 0) is 14.8 Å². The fourth-order valence-corrected chi connectivity index (χ4v) is 2.74. The summed E-state index contributed by atoms with van der Waals surface area (Å²) in [6.45, 7) is 3.77. The normalized spacial score (nSPS) is 12.8. The van der Waals surface area contributed by atoms with Crippen LogP contribution in [0, 0.1) is 0 Å². The van der Waals surface area contributed by atoms with Crippen LogP contribution in [0.3, 0.4) is 0 Å². The summed E-state index contributed by atoms with van der Waals surface area (Å²) in [6.07, 6.45) is -0.802. The first-order valence-corrected chi connectivity index (χ1v) is 7.93. The fraction of sp³-hybridized carbons (Fsp3) is 0.364. The summed E-state index contributed by atoms with van der Waals surface area (Å²) in [6, 6.07) is 2.47. The second-order valence-corrected chi connectivity index (χ2v) is 6.18. The molecule has 0 aliphatic carbocycles. The van der Waals surface area contributed by atoms with Crippen LogP contribution in [0.2, 0.25) is 10.0 Å². The molecule has 0 bridgehead atoms. The number of nitrogens with one attached hydrogen (secondary N) is 1. The zero-order valence-corrected chi connectivity index (χ0v) is 13.1. The number of sulfonamides is 1. The Labute approximate surface area is 127 Å². The number of carbonyl (C=O) groups excluding carboxylic acids is 1. The van der Waals surface area contributed by atoms with Gasteiger partial charge in [0.15, 0.2) is 6.10 Å². The van der Waals surface area contributed by atoms with Gasteiger partial charge in [-0.25, -0.2) is 13.6 Å². The Morgan fingerprint density at radius 3 is 2.50 bits per heavy atom. The molecular weight excluding hydrogens is 327 g/mol. The van der Waals surface area contributed by atoms with Gasteiger partial charge in [-0.05, 0) is 26.0 Å². The summed E-state index contributed by atoms with van der Waals surface area (Å²) in [7, 11) is -3.98. The second-order valence-electron chi connectivity index (χ2n) is 3.89. The summed E-state index contributed by atoms with van der Waals surface area (Å²) in [4.78, 5) is 11.2. The number of hydrogen-bond donors (Lipinski definition) is 2. The highest BCUT2D eigenvalue weighted by molar-refractivity contribution is 7.89. The highest BCUT2D eigenvalue weighted by Gasteiger charge is 2.21. The van der Waals surface area contributed by atoms with E-state index in [0.717, 1.165) is 0 Å². The number of primary sulfonamides is 1. The Hall–Kier alpha value is -1.02. The molecule has 1 rings (SSSR count). The van der Waals surface area contributed by atoms with Crippen molar-refractivity contribution in [2.24, 2.45) is 5.14 Å². The van der Waals surface area contributed by atoms with Crippen LogP contribution in [0.4, 0.5) is 0 Å². The van der Waals surface area contributed by atoms with Gasteiger partial charge in [-0.1, -0.05) is 23.2 Å². The Bertz CT molecular complexity index is 619. The van der Waals surface area contributed by atoms with E-state index >= 15 is 0 Å². The van der Waals surface area contributed by atoms with E-state index in [9.17, 15) is 13.2 Å². The number of halogens is 2. The number of carbonyl (C=O) groups is 1. The summed E-state index contributed by atoms with van der Waals surface area (Å²) in [5.74, 6) is -0.224. The van der Waals surface area contributed by atoms with Crippen molar-refractivity contribution in [1.82, 2.24) is 5.32 Å². The first-order chi connectivity index (χ1) is 9.18. The van der Waals surface area contributed by atoms with E-state index in [0.29, 0.717) is 6.54 Å². The molecule has 9 heteroatoms. The molecule has 112 valence electrons. The van der Waals surface area contributed by atoms with Crippen molar-refractivity contribution in [2.45, 2.75) is 24.8 Å². The van der Waals surface area contributed by atoms with Crippen LogP contribution in [-0.4, -0.2) is 27.0 Å². The first-order valence-electron chi connectivity index (χ1n) is 5.63. The number of rotatable bonds is 5. The smallest absolute Gasteiger partial charge is 0.260 e. The minimum absolute atomic E-state index is 0.0998. The van der Waals surface area contributed by atoms with Gasteiger partial charge in [0.25, 0.3) is 5.91 Å². The van der Waals surface area contributed by atoms with Gasteiger partial charge < -0.3 is 10.1 Å². The van der Waals surface area contributed by atoms with E-state index in [2.05, 4.69) is 5.32 Å². The maximum atomic E-state index is 11.5. The molecule has 3 N–H and O–H groups in total. The predicted octanol–water partition coefficient (Wildman–Crippen LogP) is 1.54. The Kier molecular flexibility index (Phi) is 5.64. The molecule has 1 aromatic rings. The lowest BCUT2D eigenvalue weighted by atomic mass is 10.3. The Morgan fingerprint density at radius 2 is 2.00 bits per heavy atom. The van der Waals surface area contributed by atoms with Gasteiger partial charge >= 0.3 is 0 Å². The minimum Gasteiger partial charge on any atom is -0.479 e. The maximum Gasteiger partial charge on any atom is 0.260 e. The molecule has 0 saturated carbocycles. The van der Waals surface area contributed by atoms with Gasteiger partial charge in [-0.3, -0.25) is 4.79 Å². The predicted molar refractivity (Wildman–Crippen MR) is 76.6 cm³/mol. The van der Waals surface area contributed by atoms with Crippen LogP contribution >= 0.6 is 23.2 Å². The lowest BCUT2D eigenvalue weighted by Crippen LogP contribution is -2.36. The standard InChI is InChI=1S/C11H14Cl2N2O4S/c1-3-15-11(16)6(2)19-7-4-5-8(20(14,17)18)10(13)9(7)12/h4-6H,3H2,1-2H3,(H,15,16)(H2,14,17,18). The highest BCUT2D eigenvalue weighted by atomic mass is 35.5. The van der Waals surface area contributed by atoms with Crippen LogP contribution < -0.4 is 15.2 Å². The number of ether oxygens (including phenoxy) is 1. The molecule has 1 unspecified atom stereocenters. The van der Waals surface area contributed by atoms with Crippen molar-refractivity contribution in [3.05, 3.63) is 22.2 Å². The zero-order valence-electron chi connectivity index (χ0n) is 10.8. The van der Waals surface area contributed by atoms with Crippen molar-refractivity contribution in [3.63, 3.8) is 0 Å². The minimum atomic E-state index is -3.98. The van der Waals surface area contributed by atoms with Crippen molar-refractivity contribution in [3.8, 4) is 5.75 Å². The van der Waals surface area contributed by atoms with Crippen LogP contribution in [0.25, 0.3) is 0 Å².